The fourth-order valence-corrected chi connectivity index (χ4v) is 1.97. The van der Waals surface area contributed by atoms with Crippen molar-refractivity contribution < 1.29 is 0 Å². The van der Waals surface area contributed by atoms with E-state index < -0.39 is 0 Å². The van der Waals surface area contributed by atoms with E-state index in [1.165, 1.54) is 30.4 Å². The standard InChI is InChI=1S/C17H27N/c1-4-5-6-7-8-13-18-14-16-9-11-17(12-10-16)15(2)3/h4,9-12,15,18H,1,5-8,13-14H2,2-3H3. The molecule has 0 heterocycles. The van der Waals surface area contributed by atoms with Crippen LogP contribution in [0.3, 0.4) is 0 Å². The van der Waals surface area contributed by atoms with E-state index in [2.05, 4.69) is 50.0 Å². The molecule has 0 radical (unpaired) electrons. The number of allylic oxidation sites excluding steroid dienone is 1. The normalized spacial score (nSPS) is 10.8. The SMILES string of the molecule is C=CCCCCCNCc1ccc(C(C)C)cc1. The van der Waals surface area contributed by atoms with E-state index in [4.69, 9.17) is 0 Å². The summed E-state index contributed by atoms with van der Waals surface area (Å²) in [5, 5.41) is 3.50. The van der Waals surface area contributed by atoms with Crippen molar-refractivity contribution in [3.8, 4) is 0 Å². The molecule has 1 heteroatoms. The molecule has 0 saturated carbocycles. The molecule has 0 aliphatic heterocycles. The summed E-state index contributed by atoms with van der Waals surface area (Å²) in [7, 11) is 0. The van der Waals surface area contributed by atoms with Crippen molar-refractivity contribution in [2.45, 2.75) is 52.0 Å². The predicted octanol–water partition coefficient (Wildman–Crippen LogP) is 4.65. The van der Waals surface area contributed by atoms with Gasteiger partial charge in [-0.05, 0) is 42.9 Å². The molecule has 100 valence electrons. The molecule has 0 spiro atoms. The molecular formula is C17H27N. The first-order chi connectivity index (χ1) is 8.74. The van der Waals surface area contributed by atoms with Crippen molar-refractivity contribution in [1.82, 2.24) is 5.32 Å². The van der Waals surface area contributed by atoms with E-state index in [0.29, 0.717) is 5.92 Å². The highest BCUT2D eigenvalue weighted by atomic mass is 14.8. The van der Waals surface area contributed by atoms with Crippen LogP contribution in [0.5, 0.6) is 0 Å². The highest BCUT2D eigenvalue weighted by Crippen LogP contribution is 2.14. The van der Waals surface area contributed by atoms with E-state index in [9.17, 15) is 0 Å². The topological polar surface area (TPSA) is 12.0 Å². The monoisotopic (exact) mass is 245 g/mol. The van der Waals surface area contributed by atoms with Crippen LogP contribution in [0.2, 0.25) is 0 Å². The van der Waals surface area contributed by atoms with Gasteiger partial charge in [-0.3, -0.25) is 0 Å². The first-order valence-corrected chi connectivity index (χ1v) is 7.14. The van der Waals surface area contributed by atoms with Crippen LogP contribution in [0.4, 0.5) is 0 Å². The summed E-state index contributed by atoms with van der Waals surface area (Å²) in [4.78, 5) is 0. The molecule has 1 nitrogen and oxygen atoms in total. The molecule has 1 aromatic carbocycles. The van der Waals surface area contributed by atoms with Gasteiger partial charge in [-0.2, -0.15) is 0 Å². The molecule has 0 amide bonds. The van der Waals surface area contributed by atoms with Gasteiger partial charge in [0.15, 0.2) is 0 Å². The Kier molecular flexibility index (Phi) is 7.43. The van der Waals surface area contributed by atoms with Gasteiger partial charge >= 0.3 is 0 Å². The van der Waals surface area contributed by atoms with Crippen LogP contribution in [0.1, 0.15) is 56.6 Å². The highest BCUT2D eigenvalue weighted by molar-refractivity contribution is 5.24. The van der Waals surface area contributed by atoms with Gasteiger partial charge in [0.25, 0.3) is 0 Å². The first-order valence-electron chi connectivity index (χ1n) is 7.14. The van der Waals surface area contributed by atoms with Crippen molar-refractivity contribution in [2.75, 3.05) is 6.54 Å². The average molecular weight is 245 g/mol. The maximum atomic E-state index is 3.74. The Labute approximate surface area is 112 Å². The molecule has 0 bridgehead atoms. The lowest BCUT2D eigenvalue weighted by Crippen LogP contribution is -2.14. The third-order valence-electron chi connectivity index (χ3n) is 3.24. The first kappa shape index (κ1) is 15.0. The molecule has 0 aliphatic carbocycles. The van der Waals surface area contributed by atoms with Crippen molar-refractivity contribution >= 4 is 0 Å². The zero-order valence-corrected chi connectivity index (χ0v) is 11.9. The van der Waals surface area contributed by atoms with E-state index in [1.54, 1.807) is 0 Å². The highest BCUT2D eigenvalue weighted by Gasteiger charge is 1.98. The lowest BCUT2D eigenvalue weighted by molar-refractivity contribution is 0.606. The van der Waals surface area contributed by atoms with Gasteiger partial charge in [0.05, 0.1) is 0 Å². The predicted molar refractivity (Wildman–Crippen MR) is 80.9 cm³/mol. The summed E-state index contributed by atoms with van der Waals surface area (Å²) >= 11 is 0. The Morgan fingerprint density at radius 1 is 1.11 bits per heavy atom. The Balaban J connectivity index is 2.13. The zero-order chi connectivity index (χ0) is 13.2. The number of rotatable bonds is 9. The van der Waals surface area contributed by atoms with Crippen LogP contribution in [0.15, 0.2) is 36.9 Å². The molecule has 0 fully saturated rings. The minimum Gasteiger partial charge on any atom is -0.313 e. The van der Waals surface area contributed by atoms with Crippen LogP contribution >= 0.6 is 0 Å². The molecule has 0 atom stereocenters. The van der Waals surface area contributed by atoms with E-state index >= 15 is 0 Å². The second-order valence-electron chi connectivity index (χ2n) is 5.21. The number of benzene rings is 1. The number of hydrogen-bond acceptors (Lipinski definition) is 1. The molecular weight excluding hydrogens is 218 g/mol. The van der Waals surface area contributed by atoms with Gasteiger partial charge in [0.2, 0.25) is 0 Å². The van der Waals surface area contributed by atoms with Crippen LogP contribution < -0.4 is 5.32 Å². The molecule has 1 rings (SSSR count). The lowest BCUT2D eigenvalue weighted by Gasteiger charge is -2.08. The lowest BCUT2D eigenvalue weighted by atomic mass is 10.0. The van der Waals surface area contributed by atoms with Crippen LogP contribution in [-0.2, 0) is 6.54 Å². The third-order valence-corrected chi connectivity index (χ3v) is 3.24. The quantitative estimate of drug-likeness (QED) is 0.493. The van der Waals surface area contributed by atoms with E-state index in [-0.39, 0.29) is 0 Å². The van der Waals surface area contributed by atoms with Crippen molar-refractivity contribution in [3.63, 3.8) is 0 Å². The van der Waals surface area contributed by atoms with Crippen molar-refractivity contribution in [1.29, 1.82) is 0 Å². The van der Waals surface area contributed by atoms with Crippen molar-refractivity contribution in [3.05, 3.63) is 48.0 Å². The van der Waals surface area contributed by atoms with Gasteiger partial charge in [0.1, 0.15) is 0 Å². The molecule has 0 unspecified atom stereocenters. The minimum absolute atomic E-state index is 0.622. The summed E-state index contributed by atoms with van der Waals surface area (Å²) in [6.45, 7) is 10.3. The van der Waals surface area contributed by atoms with Crippen LogP contribution in [0.25, 0.3) is 0 Å². The number of unbranched alkanes of at least 4 members (excludes halogenated alkanes) is 3. The average Bonchev–Trinajstić information content (AvgIpc) is 2.38. The van der Waals surface area contributed by atoms with Gasteiger partial charge in [-0.15, -0.1) is 6.58 Å². The second-order valence-corrected chi connectivity index (χ2v) is 5.21. The van der Waals surface area contributed by atoms with Gasteiger partial charge in [-0.25, -0.2) is 0 Å². The van der Waals surface area contributed by atoms with Crippen molar-refractivity contribution in [2.24, 2.45) is 0 Å². The Morgan fingerprint density at radius 2 is 1.83 bits per heavy atom. The molecule has 1 aromatic rings. The van der Waals surface area contributed by atoms with Gasteiger partial charge < -0.3 is 5.32 Å². The largest absolute Gasteiger partial charge is 0.313 e. The number of hydrogen-bond donors (Lipinski definition) is 1. The maximum Gasteiger partial charge on any atom is 0.0205 e. The fraction of sp³-hybridized carbons (Fsp3) is 0.529. The molecule has 0 aromatic heterocycles. The maximum absolute atomic E-state index is 3.74. The third kappa shape index (κ3) is 6.02. The van der Waals surface area contributed by atoms with Crippen LogP contribution in [-0.4, -0.2) is 6.54 Å². The van der Waals surface area contributed by atoms with Crippen LogP contribution in [0, 0.1) is 0 Å². The van der Waals surface area contributed by atoms with Gasteiger partial charge in [0, 0.05) is 6.54 Å². The fourth-order valence-electron chi connectivity index (χ4n) is 1.97. The second kappa shape index (κ2) is 8.93. The Morgan fingerprint density at radius 3 is 2.44 bits per heavy atom. The Bertz CT molecular complexity index is 324. The molecule has 0 aliphatic rings. The Hall–Kier alpha value is -1.08. The van der Waals surface area contributed by atoms with Gasteiger partial charge in [-0.1, -0.05) is 50.6 Å². The zero-order valence-electron chi connectivity index (χ0n) is 11.9. The summed E-state index contributed by atoms with van der Waals surface area (Å²) in [6, 6.07) is 8.96. The number of nitrogens with one attached hydrogen (secondary N) is 1. The molecule has 0 saturated heterocycles. The summed E-state index contributed by atoms with van der Waals surface area (Å²) in [6.07, 6.45) is 6.98. The summed E-state index contributed by atoms with van der Waals surface area (Å²) < 4.78 is 0. The smallest absolute Gasteiger partial charge is 0.0205 e. The van der Waals surface area contributed by atoms with E-state index in [1.807, 2.05) is 6.08 Å². The van der Waals surface area contributed by atoms with E-state index in [0.717, 1.165) is 19.5 Å². The molecule has 1 N–H and O–H groups in total. The minimum atomic E-state index is 0.622. The summed E-state index contributed by atoms with van der Waals surface area (Å²) in [5.74, 6) is 0.622. The summed E-state index contributed by atoms with van der Waals surface area (Å²) in [5.41, 5.74) is 2.80. The molecule has 18 heavy (non-hydrogen) atoms.